The zero-order chi connectivity index (χ0) is 22.4. The molecule has 8 atom stereocenters. The van der Waals surface area contributed by atoms with Crippen LogP contribution in [0.1, 0.15) is 59.3 Å². The summed E-state index contributed by atoms with van der Waals surface area (Å²) < 4.78 is 5.83. The van der Waals surface area contributed by atoms with Gasteiger partial charge >= 0.3 is 5.97 Å². The monoisotopic (exact) mass is 423 g/mol. The molecule has 0 heterocycles. The van der Waals surface area contributed by atoms with Crippen molar-refractivity contribution in [2.75, 3.05) is 0 Å². The minimum absolute atomic E-state index is 0.0244. The van der Waals surface area contributed by atoms with Gasteiger partial charge in [-0.15, -0.1) is 0 Å². The van der Waals surface area contributed by atoms with E-state index in [1.807, 2.05) is 26.0 Å². The van der Waals surface area contributed by atoms with Gasteiger partial charge in [-0.25, -0.2) is 0 Å². The molecule has 3 N–H and O–H groups in total. The van der Waals surface area contributed by atoms with E-state index < -0.39 is 36.8 Å². The molecule has 170 valence electrons. The van der Waals surface area contributed by atoms with Crippen molar-refractivity contribution in [2.24, 2.45) is 23.7 Å². The van der Waals surface area contributed by atoms with E-state index in [-0.39, 0.29) is 36.1 Å². The first-order valence-electron chi connectivity index (χ1n) is 11.0. The molecule has 0 amide bonds. The third kappa shape index (κ3) is 6.65. The van der Waals surface area contributed by atoms with Gasteiger partial charge in [0.25, 0.3) is 0 Å². The molecular formula is C23H35O7-. The van der Waals surface area contributed by atoms with Crippen molar-refractivity contribution in [3.8, 4) is 0 Å². The summed E-state index contributed by atoms with van der Waals surface area (Å²) in [7, 11) is 0. The number of allylic oxidation sites excluding steroid dienone is 2. The van der Waals surface area contributed by atoms with E-state index >= 15 is 0 Å². The van der Waals surface area contributed by atoms with Crippen LogP contribution in [0, 0.1) is 23.7 Å². The Hall–Kier alpha value is -1.70. The Morgan fingerprint density at radius 3 is 2.63 bits per heavy atom. The van der Waals surface area contributed by atoms with Gasteiger partial charge < -0.3 is 30.0 Å². The largest absolute Gasteiger partial charge is 0.550 e. The van der Waals surface area contributed by atoms with Crippen molar-refractivity contribution in [1.29, 1.82) is 0 Å². The highest BCUT2D eigenvalue weighted by Gasteiger charge is 2.42. The summed E-state index contributed by atoms with van der Waals surface area (Å²) in [6.45, 7) is 5.83. The summed E-state index contributed by atoms with van der Waals surface area (Å²) in [5.41, 5.74) is 0.949. The Balaban J connectivity index is 2.09. The van der Waals surface area contributed by atoms with Crippen LogP contribution in [0.5, 0.6) is 0 Å². The first kappa shape index (κ1) is 24.6. The number of carbonyl (C=O) groups is 2. The standard InChI is InChI=1S/C23H36O7/c1-4-13(2)23(29)30-20-11-17(25)9-15-6-5-14(3)19(22(15)20)8-7-16(24)10-18(26)12-21(27)28/h5-6,9,13-14,16-20,22,24-26H,4,7-8,10-12H2,1-3H3,(H,27,28)/p-1/t13?,14-,16+,17+,18+,19-,20-,22?/m0/s1. The smallest absolute Gasteiger partial charge is 0.308 e. The van der Waals surface area contributed by atoms with Crippen molar-refractivity contribution in [1.82, 2.24) is 0 Å². The first-order valence-corrected chi connectivity index (χ1v) is 11.0. The number of carbonyl (C=O) groups excluding carboxylic acids is 2. The minimum atomic E-state index is -1.35. The fourth-order valence-corrected chi connectivity index (χ4v) is 4.51. The fraction of sp³-hybridized carbons (Fsp3) is 0.739. The first-order chi connectivity index (χ1) is 14.1. The number of rotatable bonds is 10. The van der Waals surface area contributed by atoms with Gasteiger partial charge in [0.2, 0.25) is 0 Å². The average Bonchev–Trinajstić information content (AvgIpc) is 2.65. The second kappa shape index (κ2) is 11.1. The zero-order valence-electron chi connectivity index (χ0n) is 18.1. The van der Waals surface area contributed by atoms with Gasteiger partial charge in [0.1, 0.15) is 6.10 Å². The number of aliphatic hydroxyl groups excluding tert-OH is 3. The number of esters is 1. The van der Waals surface area contributed by atoms with Gasteiger partial charge in [-0.1, -0.05) is 39.0 Å². The number of hydrogen-bond acceptors (Lipinski definition) is 7. The molecule has 0 bridgehead atoms. The van der Waals surface area contributed by atoms with Crippen LogP contribution in [0.15, 0.2) is 23.8 Å². The topological polar surface area (TPSA) is 127 Å². The number of carboxylic acids is 1. The van der Waals surface area contributed by atoms with E-state index in [4.69, 9.17) is 4.74 Å². The Kier molecular flexibility index (Phi) is 9.07. The molecule has 2 aliphatic rings. The molecule has 0 aromatic carbocycles. The van der Waals surface area contributed by atoms with Crippen LogP contribution in [0.3, 0.4) is 0 Å². The van der Waals surface area contributed by atoms with Crippen molar-refractivity contribution < 1.29 is 34.8 Å². The van der Waals surface area contributed by atoms with Crippen molar-refractivity contribution in [3.05, 3.63) is 23.8 Å². The Morgan fingerprint density at radius 1 is 1.30 bits per heavy atom. The molecule has 0 radical (unpaired) electrons. The molecule has 7 heteroatoms. The van der Waals surface area contributed by atoms with E-state index in [9.17, 15) is 30.0 Å². The third-order valence-corrected chi connectivity index (χ3v) is 6.43. The summed E-state index contributed by atoms with van der Waals surface area (Å²) in [6, 6.07) is 0. The molecule has 0 aromatic heterocycles. The maximum Gasteiger partial charge on any atom is 0.308 e. The normalized spacial score (nSPS) is 31.3. The molecule has 0 aliphatic heterocycles. The predicted octanol–water partition coefficient (Wildman–Crippen LogP) is 1.11. The molecular weight excluding hydrogens is 388 g/mol. The van der Waals surface area contributed by atoms with Crippen LogP contribution in [-0.2, 0) is 14.3 Å². The van der Waals surface area contributed by atoms with E-state index in [1.165, 1.54) is 0 Å². The highest BCUT2D eigenvalue weighted by Crippen LogP contribution is 2.44. The third-order valence-electron chi connectivity index (χ3n) is 6.43. The van der Waals surface area contributed by atoms with Crippen LogP contribution >= 0.6 is 0 Å². The molecule has 0 aromatic rings. The molecule has 30 heavy (non-hydrogen) atoms. The number of aliphatic carboxylic acids is 1. The number of hydrogen-bond donors (Lipinski definition) is 3. The Morgan fingerprint density at radius 2 is 2.00 bits per heavy atom. The van der Waals surface area contributed by atoms with Gasteiger partial charge in [0.05, 0.1) is 24.2 Å². The molecule has 2 aliphatic carbocycles. The highest BCUT2D eigenvalue weighted by atomic mass is 16.5. The van der Waals surface area contributed by atoms with Gasteiger partial charge in [0.15, 0.2) is 0 Å². The summed E-state index contributed by atoms with van der Waals surface area (Å²) >= 11 is 0. The average molecular weight is 424 g/mol. The lowest BCUT2D eigenvalue weighted by molar-refractivity contribution is -0.307. The number of ether oxygens (including phenoxy) is 1. The lowest BCUT2D eigenvalue weighted by Gasteiger charge is -2.43. The Bertz CT molecular complexity index is 656. The maximum atomic E-state index is 12.4. The number of carboxylic acid groups (broad SMARTS) is 1. The minimum Gasteiger partial charge on any atom is -0.550 e. The van der Waals surface area contributed by atoms with Gasteiger partial charge in [0, 0.05) is 24.7 Å². The van der Waals surface area contributed by atoms with Crippen molar-refractivity contribution in [2.45, 2.75) is 83.7 Å². The van der Waals surface area contributed by atoms with Crippen LogP contribution in [0.2, 0.25) is 0 Å². The van der Waals surface area contributed by atoms with E-state index in [1.54, 1.807) is 0 Å². The number of fused-ring (bicyclic) bond motifs is 1. The highest BCUT2D eigenvalue weighted by molar-refractivity contribution is 5.72. The molecule has 0 saturated carbocycles. The van der Waals surface area contributed by atoms with Crippen molar-refractivity contribution in [3.63, 3.8) is 0 Å². The van der Waals surface area contributed by atoms with E-state index in [0.717, 1.165) is 5.57 Å². The fourth-order valence-electron chi connectivity index (χ4n) is 4.51. The van der Waals surface area contributed by atoms with Crippen molar-refractivity contribution >= 4 is 11.9 Å². The molecule has 2 unspecified atom stereocenters. The second-order valence-electron chi connectivity index (χ2n) is 8.86. The van der Waals surface area contributed by atoms with Crippen LogP contribution in [-0.4, -0.2) is 51.7 Å². The van der Waals surface area contributed by atoms with Gasteiger partial charge in [-0.05, 0) is 43.1 Å². The summed E-state index contributed by atoms with van der Waals surface area (Å²) in [5.74, 6) is -1.60. The lowest BCUT2D eigenvalue weighted by Crippen LogP contribution is -2.43. The van der Waals surface area contributed by atoms with E-state index in [2.05, 4.69) is 13.0 Å². The summed E-state index contributed by atoms with van der Waals surface area (Å²) in [6.07, 6.45) is 4.31. The van der Waals surface area contributed by atoms with Gasteiger partial charge in [-0.2, -0.15) is 0 Å². The lowest BCUT2D eigenvalue weighted by atomic mass is 9.66. The maximum absolute atomic E-state index is 12.4. The quantitative estimate of drug-likeness (QED) is 0.449. The summed E-state index contributed by atoms with van der Waals surface area (Å²) in [4.78, 5) is 23.0. The van der Waals surface area contributed by atoms with Crippen LogP contribution < -0.4 is 5.11 Å². The number of aliphatic hydroxyl groups is 3. The van der Waals surface area contributed by atoms with E-state index in [0.29, 0.717) is 25.7 Å². The molecule has 2 rings (SSSR count). The second-order valence-corrected chi connectivity index (χ2v) is 8.86. The summed E-state index contributed by atoms with van der Waals surface area (Å²) in [5, 5.41) is 40.8. The SMILES string of the molecule is CCC(C)C(=O)O[C@H]1C[C@H](O)C=C2C=C[C@H](C)[C@H](CC[C@@H](O)C[C@@H](O)CC(=O)[O-])C21. The molecule has 0 fully saturated rings. The zero-order valence-corrected chi connectivity index (χ0v) is 18.1. The Labute approximate surface area is 178 Å². The van der Waals surface area contributed by atoms with Crippen LogP contribution in [0.4, 0.5) is 0 Å². The molecule has 0 spiro atoms. The van der Waals surface area contributed by atoms with Gasteiger partial charge in [-0.3, -0.25) is 4.79 Å². The molecule has 0 saturated heterocycles. The molecule has 7 nitrogen and oxygen atoms in total. The van der Waals surface area contributed by atoms with Crippen LogP contribution in [0.25, 0.3) is 0 Å². The predicted molar refractivity (Wildman–Crippen MR) is 109 cm³/mol.